The van der Waals surface area contributed by atoms with Gasteiger partial charge in [-0.25, -0.2) is 4.57 Å². The Kier molecular flexibility index (Phi) is 27.3. The highest BCUT2D eigenvalue weighted by atomic mass is 31.2. The van der Waals surface area contributed by atoms with Gasteiger partial charge in [0.25, 0.3) is 0 Å². The van der Waals surface area contributed by atoms with E-state index in [1.807, 2.05) is 0 Å². The highest BCUT2D eigenvalue weighted by molar-refractivity contribution is 7.47. The van der Waals surface area contributed by atoms with Gasteiger partial charge in [-0.15, -0.1) is 0 Å². The molecule has 1 aliphatic heterocycles. The third-order valence-electron chi connectivity index (χ3n) is 8.88. The summed E-state index contributed by atoms with van der Waals surface area (Å²) in [5.41, 5.74) is 0. The minimum absolute atomic E-state index is 0.163. The highest BCUT2D eigenvalue weighted by Gasteiger charge is 2.36. The molecule has 6 atom stereocenters. The van der Waals surface area contributed by atoms with Gasteiger partial charge in [0.15, 0.2) is 6.10 Å². The number of unbranched alkanes of at least 4 members (excludes halogenated alkanes) is 12. The lowest BCUT2D eigenvalue weighted by Gasteiger charge is -2.20. The molecule has 3 N–H and O–H groups in total. The Bertz CT molecular complexity index is 915. The summed E-state index contributed by atoms with van der Waals surface area (Å²) >= 11 is 0. The van der Waals surface area contributed by atoms with Crippen LogP contribution >= 0.6 is 7.82 Å². The smallest absolute Gasteiger partial charge is 0.462 e. The van der Waals surface area contributed by atoms with Gasteiger partial charge in [0.2, 0.25) is 0 Å². The summed E-state index contributed by atoms with van der Waals surface area (Å²) in [5.74, 6) is -0.179. The Morgan fingerprint density at radius 2 is 1.43 bits per heavy atom. The van der Waals surface area contributed by atoms with Gasteiger partial charge in [0.05, 0.1) is 32.0 Å². The van der Waals surface area contributed by atoms with Crippen molar-refractivity contribution in [3.63, 3.8) is 0 Å². The van der Waals surface area contributed by atoms with Crippen LogP contribution in [-0.2, 0) is 37.4 Å². The Morgan fingerprint density at radius 1 is 0.796 bits per heavy atom. The van der Waals surface area contributed by atoms with E-state index in [1.165, 1.54) is 44.9 Å². The van der Waals surface area contributed by atoms with Gasteiger partial charge in [-0.1, -0.05) is 116 Å². The second-order valence-electron chi connectivity index (χ2n) is 13.6. The van der Waals surface area contributed by atoms with E-state index in [0.29, 0.717) is 25.0 Å². The molecule has 1 heterocycles. The van der Waals surface area contributed by atoms with E-state index in [2.05, 4.69) is 37.4 Å². The number of rotatable bonds is 34. The van der Waals surface area contributed by atoms with Crippen molar-refractivity contribution in [2.24, 2.45) is 5.92 Å². The van der Waals surface area contributed by atoms with E-state index < -0.39 is 51.8 Å². The topological polar surface area (TPSA) is 161 Å². The lowest BCUT2D eigenvalue weighted by atomic mass is 10.00. The second-order valence-corrected chi connectivity index (χ2v) is 15.0. The fourth-order valence-electron chi connectivity index (χ4n) is 5.39. The van der Waals surface area contributed by atoms with E-state index in [9.17, 15) is 24.2 Å². The van der Waals surface area contributed by atoms with E-state index in [-0.39, 0.29) is 19.4 Å². The zero-order valence-corrected chi connectivity index (χ0v) is 31.7. The molecule has 0 radical (unpaired) electrons. The van der Waals surface area contributed by atoms with Gasteiger partial charge in [-0.2, -0.15) is 0 Å². The Hall–Kier alpha value is -1.33. The minimum Gasteiger partial charge on any atom is -0.462 e. The average Bonchev–Trinajstić information content (AvgIpc) is 3.84. The molecular formula is C37H69O11P. The standard InChI is InChI=1S/C37H69O11P/c1-4-6-7-8-13-18-23-34-35(48-34)24-19-14-11-16-21-26-37(41)47-33(30-46-49(42,43)45-28-32(39)27-38)29-44-36(40)25-20-15-10-9-12-17-22-31(3)5-2/h13,18,31-35,38-39H,4-12,14-17,19-30H2,1-3H3,(H,42,43)/b18-13-/t31?,32-,33+,34?,35?/m0/s1. The van der Waals surface area contributed by atoms with Crippen LogP contribution in [0.5, 0.6) is 0 Å². The normalized spacial score (nSPS) is 19.0. The number of esters is 2. The molecular weight excluding hydrogens is 651 g/mol. The molecule has 0 bridgehead atoms. The minimum atomic E-state index is -4.62. The van der Waals surface area contributed by atoms with Crippen molar-refractivity contribution in [1.29, 1.82) is 0 Å². The zero-order chi connectivity index (χ0) is 36.2. The number of allylic oxidation sites excluding steroid dienone is 1. The van der Waals surface area contributed by atoms with E-state index in [4.69, 9.17) is 23.8 Å². The second kappa shape index (κ2) is 29.3. The molecule has 0 saturated carbocycles. The monoisotopic (exact) mass is 720 g/mol. The Morgan fingerprint density at radius 3 is 2.10 bits per heavy atom. The predicted octanol–water partition coefficient (Wildman–Crippen LogP) is 8.12. The summed E-state index contributed by atoms with van der Waals surface area (Å²) in [4.78, 5) is 34.8. The van der Waals surface area contributed by atoms with Crippen molar-refractivity contribution in [2.75, 3.05) is 26.4 Å². The largest absolute Gasteiger partial charge is 0.472 e. The maximum Gasteiger partial charge on any atom is 0.472 e. The van der Waals surface area contributed by atoms with Crippen LogP contribution in [0.4, 0.5) is 0 Å². The molecule has 0 aromatic heterocycles. The molecule has 12 heteroatoms. The number of hydrogen-bond acceptors (Lipinski definition) is 10. The third kappa shape index (κ3) is 27.1. The first-order chi connectivity index (χ1) is 23.6. The molecule has 0 aliphatic carbocycles. The first-order valence-electron chi connectivity index (χ1n) is 19.2. The number of ether oxygens (including phenoxy) is 3. The maximum absolute atomic E-state index is 12.6. The van der Waals surface area contributed by atoms with Crippen LogP contribution in [0.3, 0.4) is 0 Å². The lowest BCUT2D eigenvalue weighted by Crippen LogP contribution is -2.29. The number of hydrogen-bond donors (Lipinski definition) is 3. The molecule has 1 saturated heterocycles. The van der Waals surface area contributed by atoms with Crippen molar-refractivity contribution in [3.8, 4) is 0 Å². The van der Waals surface area contributed by atoms with Crippen molar-refractivity contribution >= 4 is 19.8 Å². The van der Waals surface area contributed by atoms with Crippen LogP contribution < -0.4 is 0 Å². The number of phosphoric ester groups is 1. The summed E-state index contributed by atoms with van der Waals surface area (Å²) in [7, 11) is -4.62. The lowest BCUT2D eigenvalue weighted by molar-refractivity contribution is -0.161. The fraction of sp³-hybridized carbons (Fsp3) is 0.892. The van der Waals surface area contributed by atoms with Gasteiger partial charge in [0.1, 0.15) is 12.7 Å². The molecule has 1 fully saturated rings. The Balaban J connectivity index is 2.31. The molecule has 4 unspecified atom stereocenters. The van der Waals surface area contributed by atoms with Gasteiger partial charge < -0.3 is 29.3 Å². The summed E-state index contributed by atoms with van der Waals surface area (Å²) in [6, 6.07) is 0. The number of carbonyl (C=O) groups excluding carboxylic acids is 2. The number of carbonyl (C=O) groups is 2. The van der Waals surface area contributed by atoms with Gasteiger partial charge in [-0.3, -0.25) is 18.6 Å². The van der Waals surface area contributed by atoms with Gasteiger partial charge in [0, 0.05) is 12.8 Å². The molecule has 0 aromatic carbocycles. The van der Waals surface area contributed by atoms with E-state index >= 15 is 0 Å². The van der Waals surface area contributed by atoms with Crippen LogP contribution in [-0.4, -0.2) is 77.9 Å². The summed E-state index contributed by atoms with van der Waals surface area (Å²) in [5, 5.41) is 18.3. The molecule has 0 spiro atoms. The van der Waals surface area contributed by atoms with E-state index in [0.717, 1.165) is 70.1 Å². The number of aliphatic hydroxyl groups excluding tert-OH is 2. The summed E-state index contributed by atoms with van der Waals surface area (Å²) < 4.78 is 38.3. The third-order valence-corrected chi connectivity index (χ3v) is 9.83. The quantitative estimate of drug-likeness (QED) is 0.0194. The summed E-state index contributed by atoms with van der Waals surface area (Å²) in [6.45, 7) is 4.57. The first-order valence-corrected chi connectivity index (χ1v) is 20.7. The SMILES string of the molecule is CCCCC/C=C\CC1OC1CCCCCCCC(=O)O[C@H](COC(=O)CCCCCCCCC(C)CC)COP(=O)(O)OC[C@@H](O)CO. The van der Waals surface area contributed by atoms with Crippen molar-refractivity contribution in [2.45, 2.75) is 180 Å². The molecule has 0 aromatic rings. The Labute approximate surface area is 296 Å². The van der Waals surface area contributed by atoms with E-state index in [1.54, 1.807) is 0 Å². The van der Waals surface area contributed by atoms with Crippen LogP contribution in [0.15, 0.2) is 12.2 Å². The van der Waals surface area contributed by atoms with Crippen LogP contribution in [0, 0.1) is 5.92 Å². The van der Waals surface area contributed by atoms with Crippen molar-refractivity contribution < 1.29 is 52.5 Å². The van der Waals surface area contributed by atoms with Gasteiger partial charge in [-0.05, 0) is 44.4 Å². The highest BCUT2D eigenvalue weighted by Crippen LogP contribution is 2.43. The first kappa shape index (κ1) is 45.7. The van der Waals surface area contributed by atoms with Crippen LogP contribution in [0.2, 0.25) is 0 Å². The molecule has 49 heavy (non-hydrogen) atoms. The number of phosphoric acid groups is 1. The van der Waals surface area contributed by atoms with Gasteiger partial charge >= 0.3 is 19.8 Å². The van der Waals surface area contributed by atoms with Crippen LogP contribution in [0.25, 0.3) is 0 Å². The molecule has 11 nitrogen and oxygen atoms in total. The van der Waals surface area contributed by atoms with Crippen molar-refractivity contribution in [3.05, 3.63) is 12.2 Å². The zero-order valence-electron chi connectivity index (χ0n) is 30.8. The predicted molar refractivity (Wildman–Crippen MR) is 191 cm³/mol. The molecule has 1 rings (SSSR count). The van der Waals surface area contributed by atoms with Crippen LogP contribution in [0.1, 0.15) is 156 Å². The van der Waals surface area contributed by atoms with Crippen molar-refractivity contribution in [1.82, 2.24) is 0 Å². The molecule has 288 valence electrons. The number of epoxide rings is 1. The fourth-order valence-corrected chi connectivity index (χ4v) is 6.18. The number of aliphatic hydroxyl groups is 2. The molecule has 0 amide bonds. The summed E-state index contributed by atoms with van der Waals surface area (Å²) in [6.07, 6.45) is 23.6. The average molecular weight is 721 g/mol. The maximum atomic E-state index is 12.6. The molecule has 1 aliphatic rings.